The van der Waals surface area contributed by atoms with Crippen molar-refractivity contribution in [2.45, 2.75) is 180 Å². The largest absolute Gasteiger partial charge is 0.366 e. The summed E-state index contributed by atoms with van der Waals surface area (Å²) >= 11 is 9.89. The van der Waals surface area contributed by atoms with E-state index in [-0.39, 0.29) is 123 Å². The summed E-state index contributed by atoms with van der Waals surface area (Å²) in [5.41, 5.74) is 0.107. The summed E-state index contributed by atoms with van der Waals surface area (Å²) in [4.78, 5) is 52.0. The summed E-state index contributed by atoms with van der Waals surface area (Å²) < 4.78 is 353. The van der Waals surface area contributed by atoms with Crippen molar-refractivity contribution in [3.8, 4) is 18.2 Å². The number of fused-ring (bicyclic) bond motifs is 4. The van der Waals surface area contributed by atoms with Crippen molar-refractivity contribution in [3.05, 3.63) is 186 Å². The number of rotatable bonds is 20. The molecule has 12 heterocycles. The molecule has 31 heteroatoms. The summed E-state index contributed by atoms with van der Waals surface area (Å²) in [7, 11) is 0. The number of likely N-dealkylation sites (tertiary alicyclic amines) is 4. The second-order valence-electron chi connectivity index (χ2n) is 25.9. The molecule has 16 rings (SSSR count). The topological polar surface area (TPSA) is 287 Å². The Labute approximate surface area is 734 Å². The molecule has 4 fully saturated rings. The van der Waals surface area contributed by atoms with Gasteiger partial charge in [0.25, 0.3) is 0 Å². The summed E-state index contributed by atoms with van der Waals surface area (Å²) in [6.07, 6.45) is -14.9. The molecule has 114 heavy (non-hydrogen) atoms. The normalized spacial score (nSPS) is 26.4. The second kappa shape index (κ2) is 38.7. The van der Waals surface area contributed by atoms with Gasteiger partial charge in [0.15, 0.2) is 28.6 Å². The van der Waals surface area contributed by atoms with Crippen LogP contribution in [0.3, 0.4) is 0 Å². The third kappa shape index (κ3) is 21.5. The maximum Gasteiger partial charge on any atom is 0.175 e. The molecule has 3 unspecified atom stereocenters. The predicted molar refractivity (Wildman–Crippen MR) is 450 cm³/mol. The van der Waals surface area contributed by atoms with Crippen LogP contribution in [0.25, 0.3) is 41.4 Å². The molecule has 8 aromatic heterocycles. The van der Waals surface area contributed by atoms with E-state index in [9.17, 15) is 18.4 Å². The van der Waals surface area contributed by atoms with Crippen LogP contribution < -0.4 is 21.2 Å². The van der Waals surface area contributed by atoms with Gasteiger partial charge in [0.2, 0.25) is 0 Å². The van der Waals surface area contributed by atoms with Crippen molar-refractivity contribution in [3.63, 3.8) is 0 Å². The van der Waals surface area contributed by atoms with E-state index in [1.165, 1.54) is 111 Å². The first-order valence-electron chi connectivity index (χ1n) is 52.8. The summed E-state index contributed by atoms with van der Waals surface area (Å²) in [5, 5.41) is 29.8. The molecule has 12 aromatic rings. The van der Waals surface area contributed by atoms with E-state index in [2.05, 4.69) is 59.8 Å². The van der Waals surface area contributed by atoms with Crippen LogP contribution in [0, 0.1) is 51.4 Å². The Morgan fingerprint density at radius 1 is 0.500 bits per heavy atom. The van der Waals surface area contributed by atoms with Gasteiger partial charge in [0, 0.05) is 166 Å². The molecule has 0 bridgehead atoms. The van der Waals surface area contributed by atoms with Gasteiger partial charge in [-0.15, -0.1) is 22.7 Å². The van der Waals surface area contributed by atoms with Crippen molar-refractivity contribution < 1.29 is 62.7 Å². The Morgan fingerprint density at radius 3 is 1.52 bits per heavy atom. The number of halogens is 4. The number of hydrogen-bond donors (Lipinski definition) is 4. The quantitative estimate of drug-likeness (QED) is 0.0551. The molecule has 4 aromatic carbocycles. The van der Waals surface area contributed by atoms with Crippen LogP contribution in [-0.4, -0.2) is 156 Å². The third-order valence-electron chi connectivity index (χ3n) is 16.5. The molecule has 4 aliphatic heterocycles. The molecule has 0 spiro atoms. The zero-order valence-electron chi connectivity index (χ0n) is 97.9. The summed E-state index contributed by atoms with van der Waals surface area (Å²) in [6.45, 7) is -8.20. The van der Waals surface area contributed by atoms with Gasteiger partial charge in [-0.1, -0.05) is 114 Å². The van der Waals surface area contributed by atoms with E-state index in [0.717, 1.165) is 45.4 Å². The van der Waals surface area contributed by atoms with Crippen molar-refractivity contribution in [2.24, 2.45) is 0 Å². The highest BCUT2D eigenvalue weighted by molar-refractivity contribution is 7.20. The molecular formula is C83H93ClF3N23S4. The number of benzene rings is 4. The number of nitrogens with zero attached hydrogens (tertiary/aromatic N) is 19. The number of piperidine rings is 4. The predicted octanol–water partition coefficient (Wildman–Crippen LogP) is 17.8. The Bertz CT molecular complexity index is 7230. The van der Waals surface area contributed by atoms with Crippen LogP contribution in [0.1, 0.15) is 233 Å². The SMILES string of the molecule is [2H]C(c1cc(C#N)ccc1F)N1CCC([2H])(N([2H])c2ncnc3nc(C([2H])(C)C)sc23)CC1.[2H]c1nc(N([2H])C2([2H])C([2H])([2H])C([2H])([2H])N(C([2H])([2H])c3ccc(F)c(Cl)c3)C([2H])([2H])C2([2H])[2H])c2nc(C([2H])(C)C)sc2n1.[2H]c1nc(N([2H])C2([2H])C([2H])([2H])C([2H])([2H])N(C([2H])c3cccc(C#N)c3)C([2H])([2H])C2([2H])[2H])c2nc(C([2H])(C)C)sc2n1.[2H]c1nc(N([2H])C2([2H])CCN(C([2H])c3ccc(F)c(C#N)c3)CC2)c2sc(C([2H])(C)C)nc2n1. The second-order valence-corrected chi connectivity index (χ2v) is 30.3. The van der Waals surface area contributed by atoms with E-state index >= 15 is 0 Å². The molecule has 23 nitrogen and oxygen atoms in total. The van der Waals surface area contributed by atoms with Gasteiger partial charge in [0.05, 0.1) is 59.4 Å². The van der Waals surface area contributed by atoms with Gasteiger partial charge in [-0.25, -0.2) is 73.0 Å². The number of nitrogens with one attached hydrogen (secondary N) is 4. The first-order chi connectivity index (χ1) is 68.8. The summed E-state index contributed by atoms with van der Waals surface area (Å²) in [6, 6.07) is 10.7. The fourth-order valence-corrected chi connectivity index (χ4v) is 14.4. The lowest BCUT2D eigenvalue weighted by Crippen LogP contribution is -2.39. The maximum atomic E-state index is 14.3. The molecule has 0 saturated carbocycles. The number of hydrogen-bond acceptors (Lipinski definition) is 27. The lowest BCUT2D eigenvalue weighted by Gasteiger charge is -2.32. The fraction of sp³-hybridized carbons (Fsp3) is 0.434. The Kier molecular flexibility index (Phi) is 16.3. The van der Waals surface area contributed by atoms with Gasteiger partial charge < -0.3 is 21.2 Å². The van der Waals surface area contributed by atoms with Gasteiger partial charge in [-0.3, -0.25) is 19.6 Å². The standard InChI is InChI=1S/2C21H23FN6S.C21H24N6S.C20H23ClFN5S/c1-13(2)21-27-20-18(29-21)19(24-12-25-20)26-16-5-7-28(8-6-16)11-14-3-4-17(22)15(9-14)10-23;1-13(2)21-27-20-18(29-21)19(24-12-25-20)26-16-5-7-28(8-6-16)11-15-9-14(10-23)3-4-17(15)22;1-14(2)20-26-18-19(23-13-24-21(18)28-20)25-17-6-8-27(9-7-17)12-16-5-3-4-15(10-16)11-22;1-12(2)19-26-17-18(23-11-24-20(17)28-19)25-14-5-7-27(8-6-14)10-13-3-4-16(22)15(21)9-13/h2*3-4,9,12-13,16H,5-8,11H2,1-2H3,(H,24,25,26);3-5,10,13-14,17H,6-9,12H2,1-2H3,(H,23,24,25);3-4,9,11-12,14H,5-8,10H2,1-2H3,(H,23,24,25)/i11D,12D,13D,16D;11D,13D,16D;6D2,7D2,8D2,9D2,12D,13D,14D,17D;5D2,6D2,7D2,8D2,10D2,11D,12D,14D/hD4. The first kappa shape index (κ1) is 48.0. The smallest absolute Gasteiger partial charge is 0.175 e. The average Bonchev–Trinajstić information content (AvgIpc) is 0.797. The number of thiazole rings is 4. The number of anilines is 4. The van der Waals surface area contributed by atoms with E-state index in [1.807, 2.05) is 17.0 Å². The summed E-state index contributed by atoms with van der Waals surface area (Å²) in [5.74, 6) is -7.81. The molecule has 4 aliphatic rings. The Morgan fingerprint density at radius 2 is 0.965 bits per heavy atom. The molecule has 0 amide bonds. The molecule has 0 radical (unpaired) electrons. The third-order valence-corrected chi connectivity index (χ3v) is 21.6. The Balaban J connectivity index is 0.000000167. The minimum Gasteiger partial charge on any atom is -0.366 e. The van der Waals surface area contributed by atoms with Crippen LogP contribution in [0.4, 0.5) is 36.4 Å². The van der Waals surface area contributed by atoms with E-state index in [4.69, 9.17) is 71.6 Å². The number of aromatic nitrogens is 12. The van der Waals surface area contributed by atoms with Gasteiger partial charge in [0.1, 0.15) is 94.6 Å². The molecule has 4 saturated heterocycles. The van der Waals surface area contributed by atoms with Gasteiger partial charge in [-0.05, 0) is 122 Å². The zero-order chi connectivity index (χ0) is 112. The molecule has 0 aliphatic carbocycles. The van der Waals surface area contributed by atoms with Crippen LogP contribution in [0.5, 0.6) is 0 Å². The van der Waals surface area contributed by atoms with Crippen LogP contribution in [0.2, 0.25) is 10.7 Å². The lowest BCUT2D eigenvalue weighted by atomic mass is 10.0. The monoisotopic (exact) mass is 1670 g/mol. The minimum atomic E-state index is -3.94. The van der Waals surface area contributed by atoms with Crippen molar-refractivity contribution in [1.29, 1.82) is 15.8 Å². The minimum absolute atomic E-state index is 0.0200. The molecule has 3 atom stereocenters. The highest BCUT2D eigenvalue weighted by atomic mass is 35.5. The van der Waals surface area contributed by atoms with Crippen molar-refractivity contribution >= 4 is 122 Å². The van der Waals surface area contributed by atoms with Crippen LogP contribution in [0.15, 0.2) is 104 Å². The van der Waals surface area contributed by atoms with E-state index in [1.54, 1.807) is 38.7 Å². The highest BCUT2D eigenvalue weighted by Gasteiger charge is 2.28. The average molecular weight is 1670 g/mol. The van der Waals surface area contributed by atoms with Crippen molar-refractivity contribution in [2.75, 3.05) is 73.4 Å². The van der Waals surface area contributed by atoms with E-state index < -0.39 is 177 Å². The van der Waals surface area contributed by atoms with Gasteiger partial charge >= 0.3 is 0 Å². The zero-order valence-corrected chi connectivity index (χ0v) is 65.9. The molecule has 592 valence electrons. The van der Waals surface area contributed by atoms with E-state index in [0.29, 0.717) is 74.5 Å². The Hall–Kier alpha value is -9.65. The molecule has 4 N–H and O–H groups in total. The lowest BCUT2D eigenvalue weighted by molar-refractivity contribution is 0.209. The first-order valence-corrected chi connectivity index (χ1v) is 38.4. The van der Waals surface area contributed by atoms with Crippen LogP contribution in [-0.2, 0) is 26.1 Å². The highest BCUT2D eigenvalue weighted by Crippen LogP contribution is 2.36. The van der Waals surface area contributed by atoms with Gasteiger partial charge in [-0.2, -0.15) is 15.8 Å². The van der Waals surface area contributed by atoms with Crippen molar-refractivity contribution in [1.82, 2.24) is 79.4 Å². The fourth-order valence-electron chi connectivity index (χ4n) is 10.7. The maximum absolute atomic E-state index is 14.3. The number of nitriles is 3. The molecular weight excluding hydrogens is 1540 g/mol. The van der Waals surface area contributed by atoms with Crippen LogP contribution >= 0.6 is 56.9 Å².